The predicted octanol–water partition coefficient (Wildman–Crippen LogP) is -0.159. The van der Waals surface area contributed by atoms with Gasteiger partial charge in [-0.2, -0.15) is 4.21 Å². The Labute approximate surface area is 40.5 Å². The van der Waals surface area contributed by atoms with Gasteiger partial charge in [0.05, 0.1) is 0 Å². The van der Waals surface area contributed by atoms with Crippen molar-refractivity contribution < 1.29 is 13.3 Å². The summed E-state index contributed by atoms with van der Waals surface area (Å²) in [5, 5.41) is 0. The molecule has 40 valence electrons. The molecule has 0 radical (unpaired) electrons. The third-order valence-corrected chi connectivity index (χ3v) is 0. The number of hydrogen-bond acceptors (Lipinski definition) is 3. The zero-order chi connectivity index (χ0) is 4.50. The van der Waals surface area contributed by atoms with Crippen molar-refractivity contribution in [1.29, 1.82) is 0 Å². The molecule has 0 unspecified atom stereocenters. The van der Waals surface area contributed by atoms with E-state index >= 15 is 0 Å². The van der Waals surface area contributed by atoms with Gasteiger partial charge in [-0.3, -0.25) is 9.11 Å². The lowest BCUT2D eigenvalue weighted by atomic mass is 14.0. The highest BCUT2D eigenvalue weighted by Crippen LogP contribution is 1.62. The molecule has 0 heterocycles. The summed E-state index contributed by atoms with van der Waals surface area (Å²) in [5.74, 6) is 0. The van der Waals surface area contributed by atoms with Crippen LogP contribution < -0.4 is 6.15 Å². The molecule has 0 amide bonds. The summed E-state index contributed by atoms with van der Waals surface area (Å²) in [6, 6.07) is 0. The largest absolute Gasteiger partial charge is 0.344 e. The molecule has 0 aromatic heterocycles. The average Bonchev–Trinajstić information content (AvgIpc) is 0.722. The molecule has 6 heteroatoms. The first-order chi connectivity index (χ1) is 2.00. The van der Waals surface area contributed by atoms with Gasteiger partial charge in [0.15, 0.2) is 0 Å². The summed E-state index contributed by atoms with van der Waals surface area (Å²) in [6.45, 7) is 0. The van der Waals surface area contributed by atoms with Crippen molar-refractivity contribution in [3.8, 4) is 0 Å². The standard InChI is InChI=1S/H3N.H2O3S2/c;1-5(2,3)4/h1H3;(H2,1,2,3,4). The van der Waals surface area contributed by atoms with Gasteiger partial charge < -0.3 is 6.15 Å². The molecule has 0 spiro atoms. The lowest BCUT2D eigenvalue weighted by molar-refractivity contribution is 0.450. The van der Waals surface area contributed by atoms with Gasteiger partial charge in [0.1, 0.15) is 0 Å². The van der Waals surface area contributed by atoms with Crippen molar-refractivity contribution in [3.05, 3.63) is 0 Å². The Balaban J connectivity index is 0. The van der Waals surface area contributed by atoms with E-state index < -0.39 is 9.05 Å². The van der Waals surface area contributed by atoms with Crippen LogP contribution in [-0.2, 0) is 20.2 Å². The van der Waals surface area contributed by atoms with Crippen molar-refractivity contribution >= 4 is 20.2 Å². The molecule has 0 rings (SSSR count). The zero-order valence-corrected chi connectivity index (χ0v) is 4.46. The first-order valence-electron chi connectivity index (χ1n) is 0.698. The first kappa shape index (κ1) is 9.54. The van der Waals surface area contributed by atoms with Crippen LogP contribution in [0.15, 0.2) is 0 Å². The monoisotopic (exact) mass is 131 g/mol. The molecule has 0 saturated heterocycles. The van der Waals surface area contributed by atoms with Crippen molar-refractivity contribution in [2.24, 2.45) is 0 Å². The number of rotatable bonds is 0. The Hall–Kier alpha value is 0.250. The lowest BCUT2D eigenvalue weighted by Crippen LogP contribution is -1.86. The molecule has 0 aliphatic heterocycles. The summed E-state index contributed by atoms with van der Waals surface area (Å²) in [4.78, 5) is 0. The Morgan fingerprint density at radius 2 is 1.50 bits per heavy atom. The van der Waals surface area contributed by atoms with Crippen LogP contribution in [0.4, 0.5) is 0 Å². The second kappa shape index (κ2) is 2.43. The van der Waals surface area contributed by atoms with Crippen LogP contribution in [0.25, 0.3) is 0 Å². The maximum atomic E-state index is 9.11. The van der Waals surface area contributed by atoms with Gasteiger partial charge in [0, 0.05) is 11.2 Å². The van der Waals surface area contributed by atoms with Gasteiger partial charge in [-0.15, -0.1) is 0 Å². The zero-order valence-electron chi connectivity index (χ0n) is 2.83. The summed E-state index contributed by atoms with van der Waals surface area (Å²) < 4.78 is 24.0. The van der Waals surface area contributed by atoms with Crippen LogP contribution in [0.1, 0.15) is 0 Å². The second-order valence-electron chi connectivity index (χ2n) is 0.448. The van der Waals surface area contributed by atoms with E-state index in [2.05, 4.69) is 11.2 Å². The fraction of sp³-hybridized carbons (Fsp3) is 0. The predicted molar refractivity (Wildman–Crippen MR) is 25.8 cm³/mol. The van der Waals surface area contributed by atoms with E-state index in [4.69, 9.17) is 13.3 Å². The highest BCUT2D eigenvalue weighted by Gasteiger charge is 1.78. The fourth-order valence-corrected chi connectivity index (χ4v) is 0. The van der Waals surface area contributed by atoms with Gasteiger partial charge in [0.25, 0.3) is 9.05 Å². The minimum absolute atomic E-state index is 0. The topological polar surface area (TPSA) is 92.5 Å². The molecule has 0 fully saturated rings. The third kappa shape index (κ3) is 718. The Morgan fingerprint density at radius 3 is 1.50 bits per heavy atom. The molecule has 0 atom stereocenters. The highest BCUT2D eigenvalue weighted by atomic mass is 32.9. The van der Waals surface area contributed by atoms with Gasteiger partial charge in [0.2, 0.25) is 0 Å². The van der Waals surface area contributed by atoms with Crippen molar-refractivity contribution in [2.75, 3.05) is 0 Å². The second-order valence-corrected chi connectivity index (χ2v) is 2.65. The van der Waals surface area contributed by atoms with Gasteiger partial charge in [-0.25, -0.2) is 0 Å². The van der Waals surface area contributed by atoms with Crippen LogP contribution >= 0.6 is 0 Å². The SMILES string of the molecule is N.O=S(O)(O)=S. The number of hydrogen-bond donors (Lipinski definition) is 3. The normalized spacial score (nSPS) is 9.67. The van der Waals surface area contributed by atoms with Gasteiger partial charge in [-0.05, 0) is 0 Å². The van der Waals surface area contributed by atoms with Crippen LogP contribution in [0.3, 0.4) is 0 Å². The van der Waals surface area contributed by atoms with Crippen molar-refractivity contribution in [3.63, 3.8) is 0 Å². The molecular weight excluding hydrogens is 126 g/mol. The van der Waals surface area contributed by atoms with Crippen molar-refractivity contribution in [1.82, 2.24) is 6.15 Å². The van der Waals surface area contributed by atoms with E-state index in [0.29, 0.717) is 0 Å². The molecule has 0 aliphatic carbocycles. The Kier molecular flexibility index (Phi) is 3.86. The molecular formula is H5NO3S2. The smallest absolute Gasteiger partial charge is 0.263 e. The minimum atomic E-state index is -3.83. The van der Waals surface area contributed by atoms with E-state index in [9.17, 15) is 0 Å². The van der Waals surface area contributed by atoms with Crippen molar-refractivity contribution in [2.45, 2.75) is 0 Å². The van der Waals surface area contributed by atoms with E-state index in [1.807, 2.05) is 0 Å². The van der Waals surface area contributed by atoms with E-state index in [0.717, 1.165) is 0 Å². The summed E-state index contributed by atoms with van der Waals surface area (Å²) in [7, 11) is -3.83. The molecule has 0 bridgehead atoms. The van der Waals surface area contributed by atoms with Gasteiger partial charge in [-0.1, -0.05) is 0 Å². The minimum Gasteiger partial charge on any atom is -0.344 e. The Morgan fingerprint density at radius 1 is 1.50 bits per heavy atom. The van der Waals surface area contributed by atoms with Crippen LogP contribution in [0.2, 0.25) is 0 Å². The highest BCUT2D eigenvalue weighted by molar-refractivity contribution is 8.26. The van der Waals surface area contributed by atoms with E-state index in [-0.39, 0.29) is 6.15 Å². The molecule has 0 aromatic rings. The summed E-state index contributed by atoms with van der Waals surface area (Å²) in [6.07, 6.45) is 0. The molecule has 0 aliphatic rings. The maximum Gasteiger partial charge on any atom is 0.263 e. The molecule has 0 saturated carbocycles. The summed E-state index contributed by atoms with van der Waals surface area (Å²) in [5.41, 5.74) is 0. The fourth-order valence-electron chi connectivity index (χ4n) is 0. The first-order valence-corrected chi connectivity index (χ1v) is 3.10. The lowest BCUT2D eigenvalue weighted by Gasteiger charge is -1.73. The molecule has 4 nitrogen and oxygen atoms in total. The Bertz CT molecular complexity index is 92.0. The molecule has 5 N–H and O–H groups in total. The van der Waals surface area contributed by atoms with Gasteiger partial charge >= 0.3 is 0 Å². The van der Waals surface area contributed by atoms with Crippen LogP contribution in [0, 0.1) is 0 Å². The quantitative estimate of drug-likeness (QED) is 0.425. The van der Waals surface area contributed by atoms with E-state index in [1.165, 1.54) is 0 Å². The van der Waals surface area contributed by atoms with E-state index in [1.54, 1.807) is 0 Å². The maximum absolute atomic E-state index is 9.11. The average molecular weight is 131 g/mol. The molecule has 6 heavy (non-hydrogen) atoms. The van der Waals surface area contributed by atoms with Crippen LogP contribution in [-0.4, -0.2) is 13.3 Å². The van der Waals surface area contributed by atoms with Crippen LogP contribution in [0.5, 0.6) is 0 Å². The molecule has 0 aromatic carbocycles. The third-order valence-electron chi connectivity index (χ3n) is 0. The summed E-state index contributed by atoms with van der Waals surface area (Å²) >= 11 is 3.47.